The Morgan fingerprint density at radius 1 is 1.10 bits per heavy atom. The number of nitrogens with zero attached hydrogens (tertiary/aromatic N) is 1. The average molecular weight is 393 g/mol. The highest BCUT2D eigenvalue weighted by Crippen LogP contribution is 2.21. The third-order valence-corrected chi connectivity index (χ3v) is 4.63. The Labute approximate surface area is 171 Å². The average Bonchev–Trinajstić information content (AvgIpc) is 3.26. The molecule has 0 aliphatic rings. The van der Waals surface area contributed by atoms with Crippen LogP contribution < -0.4 is 14.8 Å². The van der Waals surface area contributed by atoms with Crippen LogP contribution in [0.25, 0.3) is 11.3 Å². The molecule has 3 aromatic rings. The van der Waals surface area contributed by atoms with Crippen LogP contribution in [-0.2, 0) is 4.79 Å². The van der Waals surface area contributed by atoms with Crippen molar-refractivity contribution in [3.05, 3.63) is 66.6 Å². The van der Waals surface area contributed by atoms with E-state index in [1.807, 2.05) is 67.7 Å². The van der Waals surface area contributed by atoms with Crippen LogP contribution in [0.5, 0.6) is 11.5 Å². The number of benzene rings is 2. The van der Waals surface area contributed by atoms with Gasteiger partial charge in [-0.05, 0) is 42.7 Å². The number of hydrogen-bond acceptors (Lipinski definition) is 4. The Morgan fingerprint density at radius 3 is 2.52 bits per heavy atom. The van der Waals surface area contributed by atoms with Crippen molar-refractivity contribution >= 4 is 5.91 Å². The highest BCUT2D eigenvalue weighted by Gasteiger charge is 2.16. The maximum Gasteiger partial charge on any atom is 0.220 e. The Hall–Kier alpha value is -3.28. The minimum Gasteiger partial charge on any atom is -0.497 e. The lowest BCUT2D eigenvalue weighted by Crippen LogP contribution is -2.29. The number of rotatable bonds is 10. The van der Waals surface area contributed by atoms with Crippen LogP contribution in [0, 0.1) is 0 Å². The van der Waals surface area contributed by atoms with Crippen LogP contribution in [0.2, 0.25) is 0 Å². The number of imidazole rings is 1. The minimum absolute atomic E-state index is 0.00663. The second-order valence-electron chi connectivity index (χ2n) is 6.70. The molecule has 2 N–H and O–H groups in total. The summed E-state index contributed by atoms with van der Waals surface area (Å²) in [4.78, 5) is 20.1. The van der Waals surface area contributed by atoms with Crippen LogP contribution >= 0.6 is 0 Å². The van der Waals surface area contributed by atoms with Gasteiger partial charge < -0.3 is 19.8 Å². The molecule has 3 rings (SSSR count). The van der Waals surface area contributed by atoms with Gasteiger partial charge in [0.2, 0.25) is 5.91 Å². The van der Waals surface area contributed by atoms with Crippen LogP contribution in [0.3, 0.4) is 0 Å². The van der Waals surface area contributed by atoms with E-state index in [2.05, 4.69) is 15.3 Å². The van der Waals surface area contributed by atoms with Gasteiger partial charge in [-0.2, -0.15) is 0 Å². The minimum atomic E-state index is -0.137. The number of carbonyl (C=O) groups is 1. The molecule has 1 amide bonds. The molecule has 0 aliphatic heterocycles. The predicted octanol–water partition coefficient (Wildman–Crippen LogP) is 4.51. The van der Waals surface area contributed by atoms with Crippen molar-refractivity contribution in [3.63, 3.8) is 0 Å². The molecule has 0 radical (unpaired) electrons. The SMILES string of the molecule is CCC(NC(=O)CCCOc1ccc(OC)cc1)c1ncc(-c2ccccc2)[nH]1. The summed E-state index contributed by atoms with van der Waals surface area (Å²) >= 11 is 0. The van der Waals surface area contributed by atoms with Crippen molar-refractivity contribution in [2.24, 2.45) is 0 Å². The molecule has 2 aromatic carbocycles. The summed E-state index contributed by atoms with van der Waals surface area (Å²) < 4.78 is 10.8. The molecule has 0 saturated carbocycles. The third kappa shape index (κ3) is 5.85. The molecule has 0 aliphatic carbocycles. The molecular weight excluding hydrogens is 366 g/mol. The lowest BCUT2D eigenvalue weighted by molar-refractivity contribution is -0.122. The summed E-state index contributed by atoms with van der Waals surface area (Å²) in [6.45, 7) is 2.51. The van der Waals surface area contributed by atoms with Crippen molar-refractivity contribution in [1.82, 2.24) is 15.3 Å². The van der Waals surface area contributed by atoms with Crippen LogP contribution in [0.1, 0.15) is 38.1 Å². The van der Waals surface area contributed by atoms with Crippen molar-refractivity contribution < 1.29 is 14.3 Å². The number of nitrogens with one attached hydrogen (secondary N) is 2. The first-order valence-corrected chi connectivity index (χ1v) is 9.86. The fourth-order valence-corrected chi connectivity index (χ4v) is 3.00. The zero-order valence-corrected chi connectivity index (χ0v) is 16.9. The van der Waals surface area contributed by atoms with Gasteiger partial charge in [0.25, 0.3) is 0 Å². The number of carbonyl (C=O) groups excluding carboxylic acids is 1. The van der Waals surface area contributed by atoms with E-state index < -0.39 is 0 Å². The lowest BCUT2D eigenvalue weighted by atomic mass is 10.2. The number of amides is 1. The highest BCUT2D eigenvalue weighted by atomic mass is 16.5. The van der Waals surface area contributed by atoms with Crippen LogP contribution in [0.15, 0.2) is 60.8 Å². The molecule has 1 unspecified atom stereocenters. The first kappa shape index (κ1) is 20.5. The normalized spacial score (nSPS) is 11.7. The second-order valence-corrected chi connectivity index (χ2v) is 6.70. The molecule has 0 spiro atoms. The van der Waals surface area contributed by atoms with Crippen LogP contribution in [-0.4, -0.2) is 29.6 Å². The standard InChI is InChI=1S/C23H27N3O3/c1-3-20(23-24-16-21(26-23)17-8-5-4-6-9-17)25-22(27)10-7-15-29-19-13-11-18(28-2)12-14-19/h4-6,8-9,11-14,16,20H,3,7,10,15H2,1-2H3,(H,24,26)(H,25,27). The Balaban J connectivity index is 1.45. The largest absolute Gasteiger partial charge is 0.497 e. The molecule has 29 heavy (non-hydrogen) atoms. The summed E-state index contributed by atoms with van der Waals surface area (Å²) in [7, 11) is 1.63. The van der Waals surface area contributed by atoms with E-state index in [0.29, 0.717) is 19.4 Å². The van der Waals surface area contributed by atoms with E-state index >= 15 is 0 Å². The molecular formula is C23H27N3O3. The maximum absolute atomic E-state index is 12.3. The maximum atomic E-state index is 12.3. The molecule has 6 nitrogen and oxygen atoms in total. The zero-order valence-electron chi connectivity index (χ0n) is 16.9. The smallest absolute Gasteiger partial charge is 0.220 e. The lowest BCUT2D eigenvalue weighted by Gasteiger charge is -2.15. The number of H-pyrrole nitrogens is 1. The molecule has 152 valence electrons. The van der Waals surface area contributed by atoms with E-state index in [1.54, 1.807) is 7.11 Å². The summed E-state index contributed by atoms with van der Waals surface area (Å²) in [5.74, 6) is 2.32. The highest BCUT2D eigenvalue weighted by molar-refractivity contribution is 5.76. The van der Waals surface area contributed by atoms with Gasteiger partial charge in [0.05, 0.1) is 31.6 Å². The van der Waals surface area contributed by atoms with Gasteiger partial charge in [-0.1, -0.05) is 37.3 Å². The Kier molecular flexibility index (Phi) is 7.28. The summed E-state index contributed by atoms with van der Waals surface area (Å²) in [5.41, 5.74) is 2.02. The van der Waals surface area contributed by atoms with E-state index in [9.17, 15) is 4.79 Å². The van der Waals surface area contributed by atoms with Gasteiger partial charge in [-0.3, -0.25) is 4.79 Å². The van der Waals surface area contributed by atoms with E-state index in [4.69, 9.17) is 9.47 Å². The first-order valence-electron chi connectivity index (χ1n) is 9.86. The van der Waals surface area contributed by atoms with Gasteiger partial charge in [0, 0.05) is 6.42 Å². The number of aromatic amines is 1. The third-order valence-electron chi connectivity index (χ3n) is 4.63. The predicted molar refractivity (Wildman–Crippen MR) is 113 cm³/mol. The van der Waals surface area contributed by atoms with Gasteiger partial charge >= 0.3 is 0 Å². The van der Waals surface area contributed by atoms with Gasteiger partial charge in [-0.15, -0.1) is 0 Å². The van der Waals surface area contributed by atoms with E-state index in [-0.39, 0.29) is 11.9 Å². The number of aromatic nitrogens is 2. The molecule has 1 heterocycles. The fraction of sp³-hybridized carbons (Fsp3) is 0.304. The molecule has 1 aromatic heterocycles. The number of methoxy groups -OCH3 is 1. The van der Waals surface area contributed by atoms with Gasteiger partial charge in [0.15, 0.2) is 0 Å². The molecule has 0 fully saturated rings. The summed E-state index contributed by atoms with van der Waals surface area (Å²) in [6.07, 6.45) is 3.61. The van der Waals surface area contributed by atoms with Crippen molar-refractivity contribution in [3.8, 4) is 22.8 Å². The molecule has 0 saturated heterocycles. The van der Waals surface area contributed by atoms with E-state index in [1.165, 1.54) is 0 Å². The molecule has 6 heteroatoms. The monoisotopic (exact) mass is 393 g/mol. The second kappa shape index (κ2) is 10.3. The first-order chi connectivity index (χ1) is 14.2. The fourth-order valence-electron chi connectivity index (χ4n) is 3.00. The van der Waals surface area contributed by atoms with Crippen molar-refractivity contribution in [2.75, 3.05) is 13.7 Å². The van der Waals surface area contributed by atoms with Gasteiger partial charge in [0.1, 0.15) is 17.3 Å². The van der Waals surface area contributed by atoms with Crippen LogP contribution in [0.4, 0.5) is 0 Å². The van der Waals surface area contributed by atoms with Crippen molar-refractivity contribution in [2.45, 2.75) is 32.2 Å². The topological polar surface area (TPSA) is 76.2 Å². The van der Waals surface area contributed by atoms with E-state index in [0.717, 1.165) is 35.0 Å². The summed E-state index contributed by atoms with van der Waals surface area (Å²) in [5, 5.41) is 3.06. The summed E-state index contributed by atoms with van der Waals surface area (Å²) in [6, 6.07) is 17.3. The Morgan fingerprint density at radius 2 is 1.83 bits per heavy atom. The number of ether oxygens (including phenoxy) is 2. The van der Waals surface area contributed by atoms with Gasteiger partial charge in [-0.25, -0.2) is 4.98 Å². The molecule has 0 bridgehead atoms. The number of hydrogen-bond donors (Lipinski definition) is 2. The zero-order chi connectivity index (χ0) is 20.5. The quantitative estimate of drug-likeness (QED) is 0.497. The van der Waals surface area contributed by atoms with Crippen molar-refractivity contribution in [1.29, 1.82) is 0 Å². The Bertz CT molecular complexity index is 891. The molecule has 1 atom stereocenters.